The normalized spacial score (nSPS) is 18.3. The van der Waals surface area contributed by atoms with Crippen LogP contribution in [0.2, 0.25) is 0 Å². The Kier molecular flexibility index (Phi) is 5.19. The summed E-state index contributed by atoms with van der Waals surface area (Å²) < 4.78 is 0. The number of likely N-dealkylation sites (tertiary alicyclic amines) is 1. The summed E-state index contributed by atoms with van der Waals surface area (Å²) in [6.07, 6.45) is 4.69. The molecule has 0 saturated carbocycles. The number of aromatic nitrogens is 1. The lowest BCUT2D eigenvalue weighted by atomic mass is 9.86. The van der Waals surface area contributed by atoms with Gasteiger partial charge in [0.25, 0.3) is 5.91 Å². The maximum absolute atomic E-state index is 12.5. The Balaban J connectivity index is 1.53. The molecule has 1 saturated heterocycles. The van der Waals surface area contributed by atoms with Gasteiger partial charge in [-0.3, -0.25) is 14.7 Å². The van der Waals surface area contributed by atoms with Crippen molar-refractivity contribution in [3.8, 4) is 0 Å². The van der Waals surface area contributed by atoms with Gasteiger partial charge < -0.3 is 5.32 Å². The standard InChI is InChI=1S/C21H27N3O/c1-21(2,3)18-8-6-17(7-9-18)20(25)23-19-10-12-24(15-19)14-16-5-4-11-22-13-16/h4-9,11,13,19H,10,12,14-15H2,1-3H3,(H,23,25). The Morgan fingerprint density at radius 3 is 2.64 bits per heavy atom. The third-order valence-electron chi connectivity index (χ3n) is 4.75. The second kappa shape index (κ2) is 7.36. The monoisotopic (exact) mass is 337 g/mol. The molecular weight excluding hydrogens is 310 g/mol. The van der Waals surface area contributed by atoms with Gasteiger partial charge in [-0.25, -0.2) is 0 Å². The summed E-state index contributed by atoms with van der Waals surface area (Å²) in [5, 5.41) is 3.17. The number of hydrogen-bond acceptors (Lipinski definition) is 3. The molecule has 1 aliphatic rings. The SMILES string of the molecule is CC(C)(C)c1ccc(C(=O)NC2CCN(Cc3cccnc3)C2)cc1. The van der Waals surface area contributed by atoms with E-state index >= 15 is 0 Å². The Bertz CT molecular complexity index is 704. The molecule has 1 aliphatic heterocycles. The molecule has 4 heteroatoms. The number of hydrogen-bond donors (Lipinski definition) is 1. The highest BCUT2D eigenvalue weighted by molar-refractivity contribution is 5.94. The van der Waals surface area contributed by atoms with E-state index in [4.69, 9.17) is 0 Å². The average molecular weight is 337 g/mol. The van der Waals surface area contributed by atoms with Gasteiger partial charge in [-0.1, -0.05) is 39.0 Å². The number of pyridine rings is 1. The third-order valence-corrected chi connectivity index (χ3v) is 4.75. The molecule has 2 heterocycles. The minimum absolute atomic E-state index is 0.0219. The summed E-state index contributed by atoms with van der Waals surface area (Å²) in [5.74, 6) is 0.0219. The molecule has 1 aromatic heterocycles. The number of nitrogens with one attached hydrogen (secondary N) is 1. The van der Waals surface area contributed by atoms with Crippen LogP contribution in [0, 0.1) is 0 Å². The summed E-state index contributed by atoms with van der Waals surface area (Å²) in [6, 6.07) is 12.2. The van der Waals surface area contributed by atoms with Crippen molar-refractivity contribution >= 4 is 5.91 Å². The zero-order valence-electron chi connectivity index (χ0n) is 15.3. The first kappa shape index (κ1) is 17.6. The van der Waals surface area contributed by atoms with Crippen molar-refractivity contribution in [3.63, 3.8) is 0 Å². The van der Waals surface area contributed by atoms with E-state index in [9.17, 15) is 4.79 Å². The second-order valence-electron chi connectivity index (χ2n) is 7.88. The molecule has 1 atom stereocenters. The summed E-state index contributed by atoms with van der Waals surface area (Å²) >= 11 is 0. The molecule has 1 N–H and O–H groups in total. The Morgan fingerprint density at radius 2 is 2.00 bits per heavy atom. The number of carbonyl (C=O) groups excluding carboxylic acids is 1. The highest BCUT2D eigenvalue weighted by atomic mass is 16.1. The van der Waals surface area contributed by atoms with Crippen molar-refractivity contribution in [1.29, 1.82) is 0 Å². The highest BCUT2D eigenvalue weighted by Gasteiger charge is 2.24. The minimum Gasteiger partial charge on any atom is -0.348 e. The summed E-state index contributed by atoms with van der Waals surface area (Å²) in [7, 11) is 0. The fourth-order valence-corrected chi connectivity index (χ4v) is 3.23. The van der Waals surface area contributed by atoms with E-state index in [1.165, 1.54) is 11.1 Å². The quantitative estimate of drug-likeness (QED) is 0.930. The van der Waals surface area contributed by atoms with Gasteiger partial charge in [-0.2, -0.15) is 0 Å². The number of benzene rings is 1. The largest absolute Gasteiger partial charge is 0.348 e. The zero-order chi connectivity index (χ0) is 17.9. The molecular formula is C21H27N3O. The molecule has 0 aliphatic carbocycles. The first-order valence-electron chi connectivity index (χ1n) is 8.94. The fourth-order valence-electron chi connectivity index (χ4n) is 3.23. The number of carbonyl (C=O) groups is 1. The van der Waals surface area contributed by atoms with Crippen LogP contribution >= 0.6 is 0 Å². The predicted molar refractivity (Wildman–Crippen MR) is 101 cm³/mol. The predicted octanol–water partition coefficient (Wildman–Crippen LogP) is 3.38. The van der Waals surface area contributed by atoms with Crippen LogP contribution in [0.25, 0.3) is 0 Å². The van der Waals surface area contributed by atoms with E-state index in [-0.39, 0.29) is 17.4 Å². The summed E-state index contributed by atoms with van der Waals surface area (Å²) in [6.45, 7) is 9.32. The molecule has 0 radical (unpaired) electrons. The maximum atomic E-state index is 12.5. The highest BCUT2D eigenvalue weighted by Crippen LogP contribution is 2.22. The molecule has 1 amide bonds. The summed E-state index contributed by atoms with van der Waals surface area (Å²) in [4.78, 5) is 19.0. The average Bonchev–Trinajstić information content (AvgIpc) is 3.02. The van der Waals surface area contributed by atoms with E-state index in [2.05, 4.69) is 54.2 Å². The van der Waals surface area contributed by atoms with Crippen molar-refractivity contribution in [1.82, 2.24) is 15.2 Å². The lowest BCUT2D eigenvalue weighted by molar-refractivity contribution is 0.0937. The van der Waals surface area contributed by atoms with Gasteiger partial charge in [-0.05, 0) is 41.2 Å². The lowest BCUT2D eigenvalue weighted by Crippen LogP contribution is -2.37. The molecule has 1 aromatic carbocycles. The lowest BCUT2D eigenvalue weighted by Gasteiger charge is -2.19. The number of amides is 1. The second-order valence-corrected chi connectivity index (χ2v) is 7.88. The van der Waals surface area contributed by atoms with Gasteiger partial charge in [0, 0.05) is 43.6 Å². The third kappa shape index (κ3) is 4.67. The van der Waals surface area contributed by atoms with Crippen LogP contribution in [0.5, 0.6) is 0 Å². The van der Waals surface area contributed by atoms with Crippen molar-refractivity contribution in [2.75, 3.05) is 13.1 Å². The molecule has 4 nitrogen and oxygen atoms in total. The fraction of sp³-hybridized carbons (Fsp3) is 0.429. The van der Waals surface area contributed by atoms with Crippen LogP contribution in [0.3, 0.4) is 0 Å². The topological polar surface area (TPSA) is 45.2 Å². The first-order valence-corrected chi connectivity index (χ1v) is 8.94. The van der Waals surface area contributed by atoms with Crippen LogP contribution in [0.4, 0.5) is 0 Å². The molecule has 3 rings (SSSR count). The van der Waals surface area contributed by atoms with Crippen LogP contribution in [-0.4, -0.2) is 34.9 Å². The van der Waals surface area contributed by atoms with Crippen molar-refractivity contribution in [3.05, 3.63) is 65.5 Å². The van der Waals surface area contributed by atoms with E-state index in [0.29, 0.717) is 0 Å². The summed E-state index contributed by atoms with van der Waals surface area (Å²) in [5.41, 5.74) is 3.30. The van der Waals surface area contributed by atoms with Gasteiger partial charge >= 0.3 is 0 Å². The Hall–Kier alpha value is -2.20. The van der Waals surface area contributed by atoms with Crippen LogP contribution < -0.4 is 5.32 Å². The van der Waals surface area contributed by atoms with Crippen molar-refractivity contribution in [2.45, 2.75) is 45.2 Å². The van der Waals surface area contributed by atoms with E-state index in [1.54, 1.807) is 6.20 Å². The van der Waals surface area contributed by atoms with Gasteiger partial charge in [0.15, 0.2) is 0 Å². The van der Waals surface area contributed by atoms with Gasteiger partial charge in [0.05, 0.1) is 0 Å². The molecule has 132 valence electrons. The van der Waals surface area contributed by atoms with Gasteiger partial charge in [0.1, 0.15) is 0 Å². The molecule has 2 aromatic rings. The first-order chi connectivity index (χ1) is 11.9. The molecule has 1 unspecified atom stereocenters. The molecule has 0 spiro atoms. The molecule has 0 bridgehead atoms. The Morgan fingerprint density at radius 1 is 1.24 bits per heavy atom. The van der Waals surface area contributed by atoms with Crippen LogP contribution in [0.1, 0.15) is 48.7 Å². The van der Waals surface area contributed by atoms with Gasteiger partial charge in [-0.15, -0.1) is 0 Å². The Labute approximate surface area is 150 Å². The van der Waals surface area contributed by atoms with Crippen molar-refractivity contribution < 1.29 is 4.79 Å². The molecule has 25 heavy (non-hydrogen) atoms. The van der Waals surface area contributed by atoms with Gasteiger partial charge in [0.2, 0.25) is 0 Å². The minimum atomic E-state index is 0.0219. The van der Waals surface area contributed by atoms with Crippen LogP contribution in [-0.2, 0) is 12.0 Å². The zero-order valence-corrected chi connectivity index (χ0v) is 15.3. The van der Waals surface area contributed by atoms with E-state index in [0.717, 1.165) is 31.6 Å². The van der Waals surface area contributed by atoms with E-state index in [1.807, 2.05) is 24.4 Å². The van der Waals surface area contributed by atoms with Crippen molar-refractivity contribution in [2.24, 2.45) is 0 Å². The number of rotatable bonds is 4. The van der Waals surface area contributed by atoms with E-state index < -0.39 is 0 Å². The number of nitrogens with zero attached hydrogens (tertiary/aromatic N) is 2. The molecule has 1 fully saturated rings. The maximum Gasteiger partial charge on any atom is 0.251 e. The van der Waals surface area contributed by atoms with Crippen LogP contribution in [0.15, 0.2) is 48.8 Å². The smallest absolute Gasteiger partial charge is 0.251 e.